The van der Waals surface area contributed by atoms with E-state index in [2.05, 4.69) is 10.6 Å². The maximum Gasteiger partial charge on any atom is 0.271 e. The van der Waals surface area contributed by atoms with Crippen molar-refractivity contribution in [3.05, 3.63) is 62.7 Å². The lowest BCUT2D eigenvalue weighted by atomic mass is 9.76. The van der Waals surface area contributed by atoms with E-state index in [9.17, 15) is 29.3 Å². The molecule has 0 unspecified atom stereocenters. The molecule has 1 spiro atoms. The second-order valence-corrected chi connectivity index (χ2v) is 9.31. The summed E-state index contributed by atoms with van der Waals surface area (Å²) in [5, 5.41) is 17.7. The third kappa shape index (κ3) is 3.15. The van der Waals surface area contributed by atoms with E-state index in [4.69, 9.17) is 17.3 Å². The van der Waals surface area contributed by atoms with Gasteiger partial charge in [0, 0.05) is 35.2 Å². The van der Waals surface area contributed by atoms with Gasteiger partial charge in [-0.15, -0.1) is 0 Å². The van der Waals surface area contributed by atoms with Gasteiger partial charge in [-0.1, -0.05) is 23.7 Å². The highest BCUT2D eigenvalue weighted by Gasteiger charge is 2.70. The molecule has 0 bridgehead atoms. The Morgan fingerprint density at radius 1 is 1.23 bits per heavy atom. The number of primary amides is 1. The Balaban J connectivity index is 1.66. The van der Waals surface area contributed by atoms with Crippen molar-refractivity contribution >= 4 is 52.3 Å². The van der Waals surface area contributed by atoms with E-state index in [1.165, 1.54) is 18.2 Å². The van der Waals surface area contributed by atoms with Crippen LogP contribution >= 0.6 is 11.6 Å². The van der Waals surface area contributed by atoms with Crippen molar-refractivity contribution in [3.63, 3.8) is 0 Å². The van der Waals surface area contributed by atoms with Crippen molar-refractivity contribution in [2.75, 3.05) is 10.2 Å². The molecule has 4 atom stereocenters. The minimum Gasteiger partial charge on any atom is -0.370 e. The topological polar surface area (TPSA) is 165 Å². The third-order valence-electron chi connectivity index (χ3n) is 7.09. The second-order valence-electron chi connectivity index (χ2n) is 8.91. The summed E-state index contributed by atoms with van der Waals surface area (Å²) in [5.74, 6) is -4.51. The molecule has 3 aliphatic heterocycles. The van der Waals surface area contributed by atoms with Gasteiger partial charge in [-0.25, -0.2) is 4.90 Å². The van der Waals surface area contributed by atoms with Gasteiger partial charge in [-0.05, 0) is 31.0 Å². The Kier molecular flexibility index (Phi) is 5.15. The molecule has 2 saturated heterocycles. The minimum atomic E-state index is -1.58. The van der Waals surface area contributed by atoms with Gasteiger partial charge >= 0.3 is 0 Å². The van der Waals surface area contributed by atoms with Crippen LogP contribution < -0.4 is 21.3 Å². The predicted molar refractivity (Wildman–Crippen MR) is 124 cm³/mol. The summed E-state index contributed by atoms with van der Waals surface area (Å²) in [6.07, 6.45) is 0.0542. The van der Waals surface area contributed by atoms with Crippen molar-refractivity contribution in [1.82, 2.24) is 5.32 Å². The number of fused-ring (bicyclic) bond motifs is 4. The second kappa shape index (κ2) is 7.85. The zero-order chi connectivity index (χ0) is 25.2. The summed E-state index contributed by atoms with van der Waals surface area (Å²) in [7, 11) is 0. The van der Waals surface area contributed by atoms with Crippen molar-refractivity contribution in [3.8, 4) is 0 Å². The lowest BCUT2D eigenvalue weighted by molar-refractivity contribution is -0.384. The van der Waals surface area contributed by atoms with E-state index in [0.717, 1.165) is 11.0 Å². The molecule has 2 aromatic carbocycles. The first kappa shape index (κ1) is 22.9. The van der Waals surface area contributed by atoms with Crippen LogP contribution in [0.1, 0.15) is 24.0 Å². The Bertz CT molecular complexity index is 1350. The fourth-order valence-electron chi connectivity index (χ4n) is 5.54. The Morgan fingerprint density at radius 2 is 1.97 bits per heavy atom. The highest BCUT2D eigenvalue weighted by molar-refractivity contribution is 6.32. The van der Waals surface area contributed by atoms with Crippen LogP contribution in [0.2, 0.25) is 5.02 Å². The van der Waals surface area contributed by atoms with Crippen LogP contribution in [0.5, 0.6) is 0 Å². The third-order valence-corrected chi connectivity index (χ3v) is 7.49. The molecular weight excluding hydrogens is 478 g/mol. The van der Waals surface area contributed by atoms with Crippen LogP contribution in [-0.2, 0) is 24.7 Å². The molecule has 5 rings (SSSR count). The molecule has 3 heterocycles. The number of nitrogens with two attached hydrogens (primary N) is 1. The van der Waals surface area contributed by atoms with Crippen LogP contribution in [0.25, 0.3) is 0 Å². The van der Waals surface area contributed by atoms with Crippen molar-refractivity contribution < 1.29 is 24.1 Å². The molecule has 4 N–H and O–H groups in total. The van der Waals surface area contributed by atoms with Crippen LogP contribution in [-0.4, -0.2) is 34.6 Å². The average Bonchev–Trinajstić information content (AvgIpc) is 3.40. The summed E-state index contributed by atoms with van der Waals surface area (Å²) in [5.41, 5.74) is 5.05. The van der Waals surface area contributed by atoms with Crippen LogP contribution in [0, 0.1) is 28.9 Å². The van der Waals surface area contributed by atoms with Crippen LogP contribution in [0.15, 0.2) is 36.4 Å². The number of imide groups is 1. The van der Waals surface area contributed by atoms with Crippen molar-refractivity contribution in [2.45, 2.75) is 31.3 Å². The van der Waals surface area contributed by atoms with Gasteiger partial charge in [0.05, 0.1) is 28.1 Å². The van der Waals surface area contributed by atoms with E-state index in [0.29, 0.717) is 21.8 Å². The number of nitrogens with one attached hydrogen (secondary N) is 2. The number of nitro benzene ring substituents is 1. The van der Waals surface area contributed by atoms with E-state index in [-0.39, 0.29) is 24.2 Å². The number of benzene rings is 2. The normalized spacial score (nSPS) is 26.7. The lowest BCUT2D eigenvalue weighted by Gasteiger charge is -2.29. The summed E-state index contributed by atoms with van der Waals surface area (Å²) in [6.45, 7) is 1.73. The number of hydrogen-bond donors (Lipinski definition) is 3. The maximum atomic E-state index is 13.8. The SMILES string of the molecule is Cc1c(Cl)ccc2c1NC(=O)[C@]21N[C@H](CCC(N)=O)[C@H]2C(=O)N(c3cccc([N+](=O)[O-])c3)C(=O)[C@H]21. The summed E-state index contributed by atoms with van der Waals surface area (Å²) in [6, 6.07) is 7.73. The molecule has 3 aliphatic rings. The zero-order valence-electron chi connectivity index (χ0n) is 18.4. The van der Waals surface area contributed by atoms with Gasteiger partial charge in [0.2, 0.25) is 23.6 Å². The number of anilines is 2. The molecule has 0 aliphatic carbocycles. The number of carbonyl (C=O) groups excluding carboxylic acids is 4. The number of non-ortho nitro benzene ring substituents is 1. The van der Waals surface area contributed by atoms with Gasteiger partial charge in [-0.3, -0.25) is 34.6 Å². The van der Waals surface area contributed by atoms with E-state index >= 15 is 0 Å². The molecule has 2 aromatic rings. The zero-order valence-corrected chi connectivity index (χ0v) is 19.2. The number of rotatable bonds is 5. The molecule has 4 amide bonds. The molecule has 0 aromatic heterocycles. The van der Waals surface area contributed by atoms with Crippen molar-refractivity contribution in [2.24, 2.45) is 17.6 Å². The van der Waals surface area contributed by atoms with Crippen molar-refractivity contribution in [1.29, 1.82) is 0 Å². The lowest BCUT2D eigenvalue weighted by Crippen LogP contribution is -2.53. The predicted octanol–water partition coefficient (Wildman–Crippen LogP) is 1.75. The van der Waals surface area contributed by atoms with Gasteiger partial charge in [0.25, 0.3) is 5.69 Å². The van der Waals surface area contributed by atoms with Gasteiger partial charge < -0.3 is 11.1 Å². The summed E-state index contributed by atoms with van der Waals surface area (Å²) in [4.78, 5) is 64.0. The first-order valence-electron chi connectivity index (χ1n) is 10.9. The first-order valence-corrected chi connectivity index (χ1v) is 11.2. The Labute approximate surface area is 203 Å². The molecule has 11 nitrogen and oxygen atoms in total. The van der Waals surface area contributed by atoms with Gasteiger partial charge in [0.1, 0.15) is 5.54 Å². The Hall–Kier alpha value is -3.83. The van der Waals surface area contributed by atoms with Gasteiger partial charge in [0.15, 0.2) is 0 Å². The summed E-state index contributed by atoms with van der Waals surface area (Å²) < 4.78 is 0. The number of nitrogens with zero attached hydrogens (tertiary/aromatic N) is 2. The number of hydrogen-bond acceptors (Lipinski definition) is 7. The van der Waals surface area contributed by atoms with Gasteiger partial charge in [-0.2, -0.15) is 0 Å². The monoisotopic (exact) mass is 497 g/mol. The Morgan fingerprint density at radius 3 is 2.66 bits per heavy atom. The first-order chi connectivity index (χ1) is 16.6. The van der Waals surface area contributed by atoms with E-state index in [1.807, 2.05) is 0 Å². The molecule has 0 radical (unpaired) electrons. The molecule has 2 fully saturated rings. The fraction of sp³-hybridized carbons (Fsp3) is 0.304. The minimum absolute atomic E-state index is 0.0401. The van der Waals surface area contributed by atoms with E-state index in [1.54, 1.807) is 19.1 Å². The number of halogens is 1. The van der Waals surface area contributed by atoms with Crippen LogP contribution in [0.4, 0.5) is 17.1 Å². The average molecular weight is 498 g/mol. The largest absolute Gasteiger partial charge is 0.370 e. The molecule has 35 heavy (non-hydrogen) atoms. The quantitative estimate of drug-likeness (QED) is 0.321. The standard InChI is InChI=1S/C23H20ClN5O6/c1-10-14(24)6-5-13-19(10)26-22(33)23(13)18-17(15(27-23)7-8-16(25)30)20(31)28(21(18)32)11-3-2-4-12(9-11)29(34)35/h2-6,9,15,17-18,27H,7-8H2,1H3,(H2,25,30)(H,26,33)/t15-,17-,18+,23+/m1/s1. The maximum absolute atomic E-state index is 13.8. The highest BCUT2D eigenvalue weighted by Crippen LogP contribution is 2.55. The smallest absolute Gasteiger partial charge is 0.271 e. The number of carbonyl (C=O) groups is 4. The fourth-order valence-corrected chi connectivity index (χ4v) is 5.69. The van der Waals surface area contributed by atoms with E-state index < -0.39 is 52.0 Å². The number of amides is 4. The molecule has 12 heteroatoms. The molecular formula is C23H20ClN5O6. The van der Waals surface area contributed by atoms with Crippen LogP contribution in [0.3, 0.4) is 0 Å². The highest BCUT2D eigenvalue weighted by atomic mass is 35.5. The summed E-state index contributed by atoms with van der Waals surface area (Å²) >= 11 is 6.25. The number of nitro groups is 1. The molecule has 0 saturated carbocycles. The molecule has 180 valence electrons.